The summed E-state index contributed by atoms with van der Waals surface area (Å²) in [6.45, 7) is 6.55. The highest BCUT2D eigenvalue weighted by molar-refractivity contribution is 6.33. The first kappa shape index (κ1) is 25.4. The molecule has 0 amide bonds. The summed E-state index contributed by atoms with van der Waals surface area (Å²) in [5, 5.41) is 7.99. The van der Waals surface area contributed by atoms with E-state index in [0.29, 0.717) is 52.2 Å². The summed E-state index contributed by atoms with van der Waals surface area (Å²) >= 11 is 6.38. The lowest BCUT2D eigenvalue weighted by Crippen LogP contribution is -2.53. The van der Waals surface area contributed by atoms with Crippen LogP contribution in [-0.2, 0) is 12.7 Å². The highest BCUT2D eigenvalue weighted by Crippen LogP contribution is 2.33. The summed E-state index contributed by atoms with van der Waals surface area (Å²) in [6, 6.07) is 14.8. The maximum absolute atomic E-state index is 13.0. The van der Waals surface area contributed by atoms with E-state index in [1.165, 1.54) is 12.1 Å². The molecule has 2 atom stereocenters. The normalized spacial score (nSPS) is 18.8. The molecule has 2 aromatic carbocycles. The maximum Gasteiger partial charge on any atom is 0.416 e. The van der Waals surface area contributed by atoms with Crippen molar-refractivity contribution in [1.29, 1.82) is 0 Å². The fraction of sp³-hybridized carbons (Fsp3) is 0.296. The topological polar surface area (TPSA) is 66.0 Å². The summed E-state index contributed by atoms with van der Waals surface area (Å²) in [4.78, 5) is 16.3. The average molecular weight is 527 g/mol. The van der Waals surface area contributed by atoms with Gasteiger partial charge in [-0.3, -0.25) is 9.88 Å². The van der Waals surface area contributed by atoms with Crippen molar-refractivity contribution in [2.24, 2.45) is 0 Å². The Kier molecular flexibility index (Phi) is 7.02. The molecule has 192 valence electrons. The molecule has 10 heteroatoms. The van der Waals surface area contributed by atoms with E-state index in [1.807, 2.05) is 18.2 Å². The predicted octanol–water partition coefficient (Wildman–Crippen LogP) is 6.29. The van der Waals surface area contributed by atoms with Crippen molar-refractivity contribution >= 4 is 34.0 Å². The standard InChI is InChI=1S/C27H26ClF3N6/c1-16-13-37(14-17(2)33-16)15-24-35-23-12-18(25-22(28)4-3-11-32-25)5-10-21(23)26(36-24)34-20-8-6-19(7-9-20)27(29,30)31/h3-12,16-17,33H,13-15H2,1-2H3,(H,34,35,36). The van der Waals surface area contributed by atoms with E-state index in [0.717, 1.165) is 36.2 Å². The first-order chi connectivity index (χ1) is 17.7. The Balaban J connectivity index is 1.54. The number of anilines is 2. The van der Waals surface area contributed by atoms with Crippen molar-refractivity contribution in [3.8, 4) is 11.3 Å². The summed E-state index contributed by atoms with van der Waals surface area (Å²) in [6.07, 6.45) is -2.71. The van der Waals surface area contributed by atoms with E-state index in [4.69, 9.17) is 21.6 Å². The number of hydrogen-bond donors (Lipinski definition) is 2. The van der Waals surface area contributed by atoms with Crippen LogP contribution in [0.5, 0.6) is 0 Å². The zero-order valence-electron chi connectivity index (χ0n) is 20.4. The number of nitrogens with zero attached hydrogens (tertiary/aromatic N) is 4. The molecule has 6 nitrogen and oxygen atoms in total. The summed E-state index contributed by atoms with van der Waals surface area (Å²) in [5.41, 5.74) is 1.95. The van der Waals surface area contributed by atoms with Gasteiger partial charge in [-0.2, -0.15) is 13.2 Å². The molecule has 2 N–H and O–H groups in total. The first-order valence-electron chi connectivity index (χ1n) is 12.0. The Bertz CT molecular complexity index is 1400. The molecule has 2 unspecified atom stereocenters. The van der Waals surface area contributed by atoms with Gasteiger partial charge in [-0.05, 0) is 62.4 Å². The van der Waals surface area contributed by atoms with Gasteiger partial charge in [-0.25, -0.2) is 9.97 Å². The van der Waals surface area contributed by atoms with E-state index in [2.05, 4.69) is 34.4 Å². The molecule has 0 bridgehead atoms. The second kappa shape index (κ2) is 10.2. The number of rotatable bonds is 5. The number of nitrogens with one attached hydrogen (secondary N) is 2. The van der Waals surface area contributed by atoms with Gasteiger partial charge < -0.3 is 10.6 Å². The zero-order valence-corrected chi connectivity index (χ0v) is 21.1. The monoisotopic (exact) mass is 526 g/mol. The van der Waals surface area contributed by atoms with E-state index < -0.39 is 11.7 Å². The lowest BCUT2D eigenvalue weighted by atomic mass is 10.1. The fourth-order valence-corrected chi connectivity index (χ4v) is 4.97. The highest BCUT2D eigenvalue weighted by Gasteiger charge is 2.30. The molecular weight excluding hydrogens is 501 g/mol. The quantitative estimate of drug-likeness (QED) is 0.318. The van der Waals surface area contributed by atoms with Crippen LogP contribution in [0.25, 0.3) is 22.2 Å². The molecule has 2 aromatic heterocycles. The van der Waals surface area contributed by atoms with Crippen LogP contribution in [0.2, 0.25) is 5.02 Å². The van der Waals surface area contributed by atoms with E-state index in [9.17, 15) is 13.2 Å². The van der Waals surface area contributed by atoms with Gasteiger partial charge in [-0.1, -0.05) is 17.7 Å². The van der Waals surface area contributed by atoms with Crippen LogP contribution in [0.15, 0.2) is 60.8 Å². The molecular formula is C27H26ClF3N6. The molecule has 0 spiro atoms. The summed E-state index contributed by atoms with van der Waals surface area (Å²) in [5.74, 6) is 1.14. The van der Waals surface area contributed by atoms with Crippen LogP contribution in [0, 0.1) is 0 Å². The van der Waals surface area contributed by atoms with Gasteiger partial charge in [0.15, 0.2) is 0 Å². The minimum Gasteiger partial charge on any atom is -0.340 e. The number of piperazine rings is 1. The maximum atomic E-state index is 13.0. The van der Waals surface area contributed by atoms with Crippen LogP contribution in [-0.4, -0.2) is 45.0 Å². The number of hydrogen-bond acceptors (Lipinski definition) is 6. The van der Waals surface area contributed by atoms with E-state index in [1.54, 1.807) is 18.3 Å². The van der Waals surface area contributed by atoms with E-state index in [-0.39, 0.29) is 0 Å². The number of pyridine rings is 1. The first-order valence-corrected chi connectivity index (χ1v) is 12.4. The minimum atomic E-state index is -4.39. The summed E-state index contributed by atoms with van der Waals surface area (Å²) < 4.78 is 39.1. The second-order valence-corrected chi connectivity index (χ2v) is 9.82. The Hall–Kier alpha value is -3.27. The number of alkyl halides is 3. The Morgan fingerprint density at radius 3 is 2.43 bits per heavy atom. The fourth-order valence-electron chi connectivity index (χ4n) is 4.74. The molecule has 5 rings (SSSR count). The molecule has 0 aliphatic carbocycles. The Labute approximate surface area is 217 Å². The van der Waals surface area contributed by atoms with Crippen LogP contribution in [0.1, 0.15) is 25.2 Å². The third kappa shape index (κ3) is 5.84. The number of benzene rings is 2. The molecule has 1 aliphatic rings. The van der Waals surface area contributed by atoms with Crippen molar-refractivity contribution < 1.29 is 13.2 Å². The molecule has 37 heavy (non-hydrogen) atoms. The van der Waals surface area contributed by atoms with Gasteiger partial charge in [0.05, 0.1) is 28.3 Å². The predicted molar refractivity (Wildman–Crippen MR) is 140 cm³/mol. The second-order valence-electron chi connectivity index (χ2n) is 9.42. The number of fused-ring (bicyclic) bond motifs is 1. The molecule has 3 heterocycles. The van der Waals surface area contributed by atoms with Crippen molar-refractivity contribution in [2.45, 2.75) is 38.7 Å². The van der Waals surface area contributed by atoms with Gasteiger partial charge in [-0.15, -0.1) is 0 Å². The van der Waals surface area contributed by atoms with Crippen LogP contribution >= 0.6 is 11.6 Å². The summed E-state index contributed by atoms with van der Waals surface area (Å²) in [7, 11) is 0. The van der Waals surface area contributed by atoms with Crippen molar-refractivity contribution in [1.82, 2.24) is 25.2 Å². The van der Waals surface area contributed by atoms with Crippen LogP contribution in [0.3, 0.4) is 0 Å². The molecule has 4 aromatic rings. The SMILES string of the molecule is CC1CN(Cc2nc(Nc3ccc(C(F)(F)F)cc3)c3ccc(-c4ncccc4Cl)cc3n2)CC(C)N1. The molecule has 1 saturated heterocycles. The van der Waals surface area contributed by atoms with E-state index >= 15 is 0 Å². The van der Waals surface area contributed by atoms with Crippen LogP contribution in [0.4, 0.5) is 24.7 Å². The molecule has 0 saturated carbocycles. The highest BCUT2D eigenvalue weighted by atomic mass is 35.5. The molecule has 0 radical (unpaired) electrons. The molecule has 1 aliphatic heterocycles. The largest absolute Gasteiger partial charge is 0.416 e. The lowest BCUT2D eigenvalue weighted by Gasteiger charge is -2.35. The third-order valence-electron chi connectivity index (χ3n) is 6.25. The van der Waals surface area contributed by atoms with Crippen molar-refractivity contribution in [3.63, 3.8) is 0 Å². The van der Waals surface area contributed by atoms with Gasteiger partial charge in [0.25, 0.3) is 0 Å². The van der Waals surface area contributed by atoms with Crippen LogP contribution < -0.4 is 10.6 Å². The zero-order chi connectivity index (χ0) is 26.2. The smallest absolute Gasteiger partial charge is 0.340 e. The van der Waals surface area contributed by atoms with Gasteiger partial charge in [0.1, 0.15) is 11.6 Å². The number of aromatic nitrogens is 3. The lowest BCUT2D eigenvalue weighted by molar-refractivity contribution is -0.137. The molecule has 1 fully saturated rings. The van der Waals surface area contributed by atoms with Crippen molar-refractivity contribution in [3.05, 3.63) is 77.2 Å². The average Bonchev–Trinajstić information content (AvgIpc) is 2.83. The van der Waals surface area contributed by atoms with Gasteiger partial charge >= 0.3 is 6.18 Å². The Morgan fingerprint density at radius 1 is 1.03 bits per heavy atom. The Morgan fingerprint density at radius 2 is 1.76 bits per heavy atom. The van der Waals surface area contributed by atoms with Gasteiger partial charge in [0.2, 0.25) is 0 Å². The van der Waals surface area contributed by atoms with Gasteiger partial charge in [0, 0.05) is 48.0 Å². The third-order valence-corrected chi connectivity index (χ3v) is 6.55. The minimum absolute atomic E-state index is 0.340. The number of halogens is 4. The van der Waals surface area contributed by atoms with Crippen molar-refractivity contribution in [2.75, 3.05) is 18.4 Å².